The monoisotopic (exact) mass is 1490 g/mol. The zero-order valence-electron chi connectivity index (χ0n) is 67.1. The van der Waals surface area contributed by atoms with E-state index in [0.717, 1.165) is 108 Å². The maximum absolute atomic E-state index is 13.1. The maximum atomic E-state index is 13.1. The summed E-state index contributed by atoms with van der Waals surface area (Å²) in [6, 6.07) is 0. The average molecular weight is 1490 g/mol. The minimum Gasteiger partial charge on any atom is -0.462 e. The van der Waals surface area contributed by atoms with Gasteiger partial charge in [0, 0.05) is 25.7 Å². The Morgan fingerprint density at radius 3 is 0.745 bits per heavy atom. The Hall–Kier alpha value is -1.94. The first-order valence-corrected chi connectivity index (χ1v) is 45.9. The molecule has 606 valence electrons. The Morgan fingerprint density at radius 2 is 0.500 bits per heavy atom. The molecule has 19 heteroatoms. The number of carbonyl (C=O) groups excluding carboxylic acids is 4. The van der Waals surface area contributed by atoms with E-state index in [0.29, 0.717) is 31.6 Å². The Labute approximate surface area is 626 Å². The molecule has 0 amide bonds. The van der Waals surface area contributed by atoms with Crippen LogP contribution in [-0.2, 0) is 65.4 Å². The molecule has 0 saturated heterocycles. The number of hydrogen-bond acceptors (Lipinski definition) is 15. The van der Waals surface area contributed by atoms with Crippen molar-refractivity contribution >= 4 is 39.5 Å². The van der Waals surface area contributed by atoms with Crippen LogP contribution in [-0.4, -0.2) is 96.7 Å². The van der Waals surface area contributed by atoms with Gasteiger partial charge in [-0.3, -0.25) is 37.3 Å². The molecule has 0 aromatic carbocycles. The first kappa shape index (κ1) is 100. The highest BCUT2D eigenvalue weighted by atomic mass is 31.2. The van der Waals surface area contributed by atoms with Gasteiger partial charge >= 0.3 is 39.5 Å². The van der Waals surface area contributed by atoms with E-state index in [1.807, 2.05) is 0 Å². The van der Waals surface area contributed by atoms with Crippen LogP contribution in [0.5, 0.6) is 0 Å². The van der Waals surface area contributed by atoms with Gasteiger partial charge in [-0.2, -0.15) is 0 Å². The molecule has 0 bridgehead atoms. The summed E-state index contributed by atoms with van der Waals surface area (Å²) in [5.41, 5.74) is 0. The van der Waals surface area contributed by atoms with Crippen LogP contribution in [0.4, 0.5) is 0 Å². The molecule has 3 N–H and O–H groups in total. The molecule has 0 aromatic heterocycles. The number of hydrogen-bond donors (Lipinski definition) is 3. The molecule has 0 rings (SSSR count). The van der Waals surface area contributed by atoms with E-state index in [9.17, 15) is 43.2 Å². The number of rotatable bonds is 81. The van der Waals surface area contributed by atoms with Gasteiger partial charge < -0.3 is 33.8 Å². The highest BCUT2D eigenvalue weighted by Gasteiger charge is 2.30. The lowest BCUT2D eigenvalue weighted by atomic mass is 9.99. The van der Waals surface area contributed by atoms with E-state index in [2.05, 4.69) is 48.5 Å². The van der Waals surface area contributed by atoms with Crippen LogP contribution in [0, 0.1) is 17.8 Å². The second kappa shape index (κ2) is 73.2. The van der Waals surface area contributed by atoms with E-state index in [4.69, 9.17) is 37.0 Å². The molecule has 0 spiro atoms. The van der Waals surface area contributed by atoms with E-state index >= 15 is 0 Å². The molecule has 0 saturated carbocycles. The lowest BCUT2D eigenvalue weighted by Gasteiger charge is -2.21. The van der Waals surface area contributed by atoms with Crippen molar-refractivity contribution in [2.45, 2.75) is 452 Å². The van der Waals surface area contributed by atoms with Crippen molar-refractivity contribution in [3.63, 3.8) is 0 Å². The van der Waals surface area contributed by atoms with Crippen molar-refractivity contribution in [1.29, 1.82) is 0 Å². The molecule has 0 aromatic rings. The van der Waals surface area contributed by atoms with Crippen LogP contribution in [0.25, 0.3) is 0 Å². The minimum absolute atomic E-state index is 0.102. The lowest BCUT2D eigenvalue weighted by molar-refractivity contribution is -0.161. The van der Waals surface area contributed by atoms with Crippen molar-refractivity contribution < 1.29 is 80.2 Å². The molecule has 0 radical (unpaired) electrons. The first-order chi connectivity index (χ1) is 49.3. The van der Waals surface area contributed by atoms with Gasteiger partial charge in [-0.1, -0.05) is 382 Å². The van der Waals surface area contributed by atoms with Gasteiger partial charge in [-0.25, -0.2) is 9.13 Å². The van der Waals surface area contributed by atoms with E-state index in [1.165, 1.54) is 238 Å². The molecule has 0 fully saturated rings. The molecule has 7 atom stereocenters. The summed E-state index contributed by atoms with van der Waals surface area (Å²) >= 11 is 0. The number of unbranched alkanes of at least 4 members (excludes halogenated alkanes) is 47. The van der Waals surface area contributed by atoms with Crippen LogP contribution < -0.4 is 0 Å². The van der Waals surface area contributed by atoms with Gasteiger partial charge in [0.15, 0.2) is 12.2 Å². The molecular formula is C83H162O17P2. The Morgan fingerprint density at radius 1 is 0.284 bits per heavy atom. The molecule has 0 heterocycles. The SMILES string of the molecule is CCCCCCCCCCCCCCCCCCCCCCCC(=O)OC[C@H](COP(=O)(O)OC[C@@H](O)COP(=O)(O)OC[C@@H](COC(=O)CCCCCCCCC(C)C)OC(=O)CCCCCCCCC(C)CC)OC(=O)CCCCCCCCCCCCCCCCCCCCC(C)CC. The number of phosphoric acid groups is 2. The number of esters is 4. The van der Waals surface area contributed by atoms with Gasteiger partial charge in [0.2, 0.25) is 0 Å². The van der Waals surface area contributed by atoms with Crippen LogP contribution in [0.15, 0.2) is 0 Å². The average Bonchev–Trinajstić information content (AvgIpc) is 0.911. The van der Waals surface area contributed by atoms with Crippen molar-refractivity contribution in [3.8, 4) is 0 Å². The second-order valence-electron chi connectivity index (χ2n) is 30.8. The van der Waals surface area contributed by atoms with Crippen molar-refractivity contribution in [2.75, 3.05) is 39.6 Å². The summed E-state index contributed by atoms with van der Waals surface area (Å²) in [6.07, 6.45) is 63.0. The zero-order valence-corrected chi connectivity index (χ0v) is 68.9. The van der Waals surface area contributed by atoms with Crippen LogP contribution >= 0.6 is 15.6 Å². The summed E-state index contributed by atoms with van der Waals surface area (Å²) < 4.78 is 68.6. The lowest BCUT2D eigenvalue weighted by Crippen LogP contribution is -2.30. The van der Waals surface area contributed by atoms with Gasteiger partial charge in [-0.15, -0.1) is 0 Å². The fourth-order valence-electron chi connectivity index (χ4n) is 12.8. The number of aliphatic hydroxyl groups excluding tert-OH is 1. The number of ether oxygens (including phenoxy) is 4. The van der Waals surface area contributed by atoms with E-state index < -0.39 is 97.5 Å². The minimum atomic E-state index is -4.96. The smallest absolute Gasteiger partial charge is 0.462 e. The third-order valence-electron chi connectivity index (χ3n) is 20.1. The molecule has 4 unspecified atom stereocenters. The number of aliphatic hydroxyl groups is 1. The summed E-state index contributed by atoms with van der Waals surface area (Å²) in [5, 5.41) is 10.6. The molecular weight excluding hydrogens is 1330 g/mol. The summed E-state index contributed by atoms with van der Waals surface area (Å²) in [5.74, 6) is 0.154. The molecule has 17 nitrogen and oxygen atoms in total. The predicted molar refractivity (Wildman–Crippen MR) is 418 cm³/mol. The number of carbonyl (C=O) groups is 4. The van der Waals surface area contributed by atoms with Crippen molar-refractivity contribution in [1.82, 2.24) is 0 Å². The van der Waals surface area contributed by atoms with E-state index in [-0.39, 0.29) is 25.7 Å². The normalized spacial score (nSPS) is 14.5. The topological polar surface area (TPSA) is 237 Å². The molecule has 102 heavy (non-hydrogen) atoms. The molecule has 0 aliphatic rings. The predicted octanol–water partition coefficient (Wildman–Crippen LogP) is 24.9. The van der Waals surface area contributed by atoms with Crippen LogP contribution in [0.3, 0.4) is 0 Å². The Balaban J connectivity index is 5.16. The third-order valence-corrected chi connectivity index (χ3v) is 22.0. The first-order valence-electron chi connectivity index (χ1n) is 42.9. The van der Waals surface area contributed by atoms with Gasteiger partial charge in [0.05, 0.1) is 26.4 Å². The Kier molecular flexibility index (Phi) is 71.8. The zero-order chi connectivity index (χ0) is 75.1. The largest absolute Gasteiger partial charge is 0.472 e. The maximum Gasteiger partial charge on any atom is 0.472 e. The highest BCUT2D eigenvalue weighted by Crippen LogP contribution is 2.45. The summed E-state index contributed by atoms with van der Waals surface area (Å²) in [7, 11) is -9.92. The standard InChI is InChI=1S/C83H162O17P2/c1-8-11-12-13-14-15-16-17-18-19-20-21-22-26-29-32-35-38-41-50-57-64-80(85)93-70-78(99-82(87)66-59-52-42-39-36-33-30-27-24-23-25-28-31-34-37-40-48-55-62-75(6)9-2)72-97-101(89,90)95-68-77(84)69-96-102(91,92)98-73-79(71-94-81(86)65-58-51-45-43-47-54-61-74(4)5)100-83(88)67-60-53-46-44-49-56-63-76(7)10-3/h74-79,84H,8-73H2,1-7H3,(H,89,90)(H,91,92)/t75?,76?,77-,78-,79-/m1/s1. The fourth-order valence-corrected chi connectivity index (χ4v) is 14.4. The third kappa shape index (κ3) is 73.6. The van der Waals surface area contributed by atoms with Crippen LogP contribution in [0.1, 0.15) is 434 Å². The molecule has 0 aliphatic heterocycles. The second-order valence-corrected chi connectivity index (χ2v) is 33.7. The van der Waals surface area contributed by atoms with Gasteiger partial charge in [-0.05, 0) is 43.4 Å². The Bertz CT molecular complexity index is 1980. The highest BCUT2D eigenvalue weighted by molar-refractivity contribution is 7.47. The quantitative estimate of drug-likeness (QED) is 0.0222. The van der Waals surface area contributed by atoms with Crippen LogP contribution in [0.2, 0.25) is 0 Å². The van der Waals surface area contributed by atoms with E-state index in [1.54, 1.807) is 0 Å². The molecule has 0 aliphatic carbocycles. The number of phosphoric ester groups is 2. The van der Waals surface area contributed by atoms with Gasteiger partial charge in [0.25, 0.3) is 0 Å². The van der Waals surface area contributed by atoms with Crippen molar-refractivity contribution in [2.24, 2.45) is 17.8 Å². The fraction of sp³-hybridized carbons (Fsp3) is 0.952. The summed E-state index contributed by atoms with van der Waals surface area (Å²) in [4.78, 5) is 72.9. The summed E-state index contributed by atoms with van der Waals surface area (Å²) in [6.45, 7) is 11.9. The van der Waals surface area contributed by atoms with Crippen molar-refractivity contribution in [3.05, 3.63) is 0 Å². The van der Waals surface area contributed by atoms with Gasteiger partial charge in [0.1, 0.15) is 19.3 Å².